The maximum atomic E-state index is 11.6. The molecule has 0 aromatic heterocycles. The summed E-state index contributed by atoms with van der Waals surface area (Å²) in [4.78, 5) is 11.6. The minimum Gasteiger partial charge on any atom is -0.508 e. The summed E-state index contributed by atoms with van der Waals surface area (Å²) in [7, 11) is 0. The van der Waals surface area contributed by atoms with Crippen molar-refractivity contribution >= 4 is 29.2 Å². The van der Waals surface area contributed by atoms with Gasteiger partial charge in [0.25, 0.3) is 0 Å². The van der Waals surface area contributed by atoms with Gasteiger partial charge in [0.1, 0.15) is 5.75 Å². The number of carbonyl (C=O) groups excluding carboxylic acids is 1. The van der Waals surface area contributed by atoms with E-state index in [0.29, 0.717) is 6.42 Å². The molecule has 100 valence electrons. The van der Waals surface area contributed by atoms with Gasteiger partial charge in [0.05, 0.1) is 16.7 Å². The highest BCUT2D eigenvalue weighted by Crippen LogP contribution is 2.37. The normalized spacial score (nSPS) is 12.0. The van der Waals surface area contributed by atoms with E-state index in [4.69, 9.17) is 32.7 Å². The second-order valence-electron chi connectivity index (χ2n) is 3.51. The van der Waals surface area contributed by atoms with Crippen LogP contribution in [0.15, 0.2) is 12.1 Å². The number of hydrogen-bond donors (Lipinski definition) is 1. The molecule has 1 unspecified atom stereocenters. The van der Waals surface area contributed by atoms with Gasteiger partial charge in [0.2, 0.25) is 0 Å². The topological polar surface area (TPSA) is 55.8 Å². The monoisotopic (exact) mass is 292 g/mol. The molecule has 0 heterocycles. The van der Waals surface area contributed by atoms with Gasteiger partial charge in [0.15, 0.2) is 11.9 Å². The minimum absolute atomic E-state index is 0.0680. The van der Waals surface area contributed by atoms with Crippen LogP contribution in [0.2, 0.25) is 10.0 Å². The molecule has 1 rings (SSSR count). The standard InChI is InChI=1S/C12H14Cl2O4/c1-3-10(12(16)17-4-2)18-11-8(13)5-7(15)6-9(11)14/h5-6,10,15H,3-4H2,1-2H3. The molecule has 0 saturated carbocycles. The maximum absolute atomic E-state index is 11.6. The highest BCUT2D eigenvalue weighted by molar-refractivity contribution is 6.37. The highest BCUT2D eigenvalue weighted by Gasteiger charge is 2.22. The number of esters is 1. The second kappa shape index (κ2) is 6.71. The van der Waals surface area contributed by atoms with Gasteiger partial charge in [-0.1, -0.05) is 30.1 Å². The Bertz CT molecular complexity index is 411. The quantitative estimate of drug-likeness (QED) is 0.845. The van der Waals surface area contributed by atoms with Crippen LogP contribution in [0.5, 0.6) is 11.5 Å². The molecule has 0 fully saturated rings. The molecule has 0 aliphatic carbocycles. The third kappa shape index (κ3) is 3.68. The minimum atomic E-state index is -0.774. The van der Waals surface area contributed by atoms with E-state index in [0.717, 1.165) is 0 Å². The van der Waals surface area contributed by atoms with Crippen LogP contribution in [0.4, 0.5) is 0 Å². The van der Waals surface area contributed by atoms with E-state index in [2.05, 4.69) is 0 Å². The van der Waals surface area contributed by atoms with Gasteiger partial charge < -0.3 is 14.6 Å². The average molecular weight is 293 g/mol. The lowest BCUT2D eigenvalue weighted by Crippen LogP contribution is -2.28. The Kier molecular flexibility index (Phi) is 5.56. The molecule has 0 aliphatic heterocycles. The number of phenolic OH excluding ortho intramolecular Hbond substituents is 1. The zero-order chi connectivity index (χ0) is 13.7. The summed E-state index contributed by atoms with van der Waals surface area (Å²) in [5, 5.41) is 9.57. The van der Waals surface area contributed by atoms with Gasteiger partial charge in [-0.25, -0.2) is 4.79 Å². The number of aromatic hydroxyl groups is 1. The Morgan fingerprint density at radius 2 is 1.89 bits per heavy atom. The molecule has 0 bridgehead atoms. The van der Waals surface area contributed by atoms with Crippen molar-refractivity contribution in [2.24, 2.45) is 0 Å². The summed E-state index contributed by atoms with van der Waals surface area (Å²) in [6.07, 6.45) is -0.351. The van der Waals surface area contributed by atoms with Crippen LogP contribution in [-0.2, 0) is 9.53 Å². The Hall–Kier alpha value is -1.13. The summed E-state index contributed by atoms with van der Waals surface area (Å²) in [6, 6.07) is 2.58. The van der Waals surface area contributed by atoms with Crippen molar-refractivity contribution < 1.29 is 19.4 Å². The van der Waals surface area contributed by atoms with Crippen molar-refractivity contribution in [2.45, 2.75) is 26.4 Å². The fourth-order valence-corrected chi connectivity index (χ4v) is 1.90. The predicted molar refractivity (Wildman–Crippen MR) is 69.5 cm³/mol. The molecule has 0 aliphatic rings. The lowest BCUT2D eigenvalue weighted by Gasteiger charge is -2.17. The summed E-state index contributed by atoms with van der Waals surface area (Å²) in [6.45, 7) is 3.77. The first-order chi connectivity index (χ1) is 8.49. The molecule has 1 aromatic rings. The first kappa shape index (κ1) is 14.9. The number of carbonyl (C=O) groups is 1. The van der Waals surface area contributed by atoms with Gasteiger partial charge in [-0.2, -0.15) is 0 Å². The summed E-state index contributed by atoms with van der Waals surface area (Å²) in [5.41, 5.74) is 0. The molecule has 1 N–H and O–H groups in total. The van der Waals surface area contributed by atoms with Gasteiger partial charge in [-0.15, -0.1) is 0 Å². The van der Waals surface area contributed by atoms with Gasteiger partial charge in [0, 0.05) is 12.1 Å². The number of ether oxygens (including phenoxy) is 2. The molecule has 0 saturated heterocycles. The number of benzene rings is 1. The first-order valence-corrected chi connectivity index (χ1v) is 6.26. The Morgan fingerprint density at radius 1 is 1.33 bits per heavy atom. The molecule has 4 nitrogen and oxygen atoms in total. The second-order valence-corrected chi connectivity index (χ2v) is 4.32. The third-order valence-electron chi connectivity index (χ3n) is 2.16. The van der Waals surface area contributed by atoms with Crippen LogP contribution in [0.3, 0.4) is 0 Å². The van der Waals surface area contributed by atoms with Crippen LogP contribution in [0.1, 0.15) is 20.3 Å². The predicted octanol–water partition coefficient (Wildman–Crippen LogP) is 3.42. The maximum Gasteiger partial charge on any atom is 0.347 e. The van der Waals surface area contributed by atoms with E-state index >= 15 is 0 Å². The van der Waals surface area contributed by atoms with Gasteiger partial charge in [-0.3, -0.25) is 0 Å². The Morgan fingerprint density at radius 3 is 2.33 bits per heavy atom. The van der Waals surface area contributed by atoms with Crippen LogP contribution in [0, 0.1) is 0 Å². The van der Waals surface area contributed by atoms with Crippen molar-refractivity contribution in [3.63, 3.8) is 0 Å². The van der Waals surface area contributed by atoms with E-state index in [9.17, 15) is 9.90 Å². The van der Waals surface area contributed by atoms with Crippen molar-refractivity contribution in [3.8, 4) is 11.5 Å². The number of hydrogen-bond acceptors (Lipinski definition) is 4. The number of rotatable bonds is 5. The molecule has 18 heavy (non-hydrogen) atoms. The van der Waals surface area contributed by atoms with Crippen molar-refractivity contribution in [1.29, 1.82) is 0 Å². The molecule has 0 spiro atoms. The molecule has 6 heteroatoms. The number of halogens is 2. The Balaban J connectivity index is 2.92. The highest BCUT2D eigenvalue weighted by atomic mass is 35.5. The van der Waals surface area contributed by atoms with Crippen LogP contribution < -0.4 is 4.74 Å². The van der Waals surface area contributed by atoms with Crippen LogP contribution in [0.25, 0.3) is 0 Å². The molecule has 0 radical (unpaired) electrons. The van der Waals surface area contributed by atoms with E-state index in [1.807, 2.05) is 0 Å². The SMILES string of the molecule is CCOC(=O)C(CC)Oc1c(Cl)cc(O)cc1Cl. The summed E-state index contributed by atoms with van der Waals surface area (Å²) in [5.74, 6) is -0.377. The van der Waals surface area contributed by atoms with E-state index in [1.54, 1.807) is 13.8 Å². The summed E-state index contributed by atoms with van der Waals surface area (Å²) < 4.78 is 10.3. The van der Waals surface area contributed by atoms with E-state index < -0.39 is 12.1 Å². The van der Waals surface area contributed by atoms with Crippen molar-refractivity contribution in [2.75, 3.05) is 6.61 Å². The van der Waals surface area contributed by atoms with Crippen LogP contribution >= 0.6 is 23.2 Å². The largest absolute Gasteiger partial charge is 0.508 e. The lowest BCUT2D eigenvalue weighted by atomic mass is 10.2. The van der Waals surface area contributed by atoms with Gasteiger partial charge in [-0.05, 0) is 13.3 Å². The number of phenols is 1. The molecule has 0 amide bonds. The van der Waals surface area contributed by atoms with Crippen molar-refractivity contribution in [1.82, 2.24) is 0 Å². The molecular formula is C12H14Cl2O4. The Labute approximate surface area is 115 Å². The fraction of sp³-hybridized carbons (Fsp3) is 0.417. The fourth-order valence-electron chi connectivity index (χ4n) is 1.33. The zero-order valence-electron chi connectivity index (χ0n) is 10.1. The van der Waals surface area contributed by atoms with Crippen LogP contribution in [-0.4, -0.2) is 23.8 Å². The van der Waals surface area contributed by atoms with E-state index in [1.165, 1.54) is 12.1 Å². The zero-order valence-corrected chi connectivity index (χ0v) is 11.6. The first-order valence-electron chi connectivity index (χ1n) is 5.50. The van der Waals surface area contributed by atoms with E-state index in [-0.39, 0.29) is 28.2 Å². The lowest BCUT2D eigenvalue weighted by molar-refractivity contribution is -0.151. The summed E-state index contributed by atoms with van der Waals surface area (Å²) >= 11 is 11.8. The molecular weight excluding hydrogens is 279 g/mol. The third-order valence-corrected chi connectivity index (χ3v) is 2.72. The molecule has 1 aromatic carbocycles. The van der Waals surface area contributed by atoms with Crippen molar-refractivity contribution in [3.05, 3.63) is 22.2 Å². The smallest absolute Gasteiger partial charge is 0.347 e. The molecule has 1 atom stereocenters. The average Bonchev–Trinajstić information content (AvgIpc) is 2.28. The van der Waals surface area contributed by atoms with Gasteiger partial charge >= 0.3 is 5.97 Å².